The van der Waals surface area contributed by atoms with E-state index in [9.17, 15) is 9.90 Å². The Hall–Kier alpha value is -0.570. The Morgan fingerprint density at radius 3 is 2.40 bits per heavy atom. The Kier molecular flexibility index (Phi) is 5.48. The lowest BCUT2D eigenvalue weighted by atomic mass is 9.76. The number of carbonyl (C=O) groups is 1. The van der Waals surface area contributed by atoms with Crippen molar-refractivity contribution < 1.29 is 9.90 Å². The standard InChI is InChI=1S/C17H31NO2/c1-12(2)15-6-4-14(5-7-15)10-18-9-13(3)8-16(11-18)17(19)20/h12-16H,4-11H2,1-3H3,(H,19,20). The van der Waals surface area contributed by atoms with Gasteiger partial charge in [-0.2, -0.15) is 0 Å². The molecule has 20 heavy (non-hydrogen) atoms. The molecule has 1 saturated carbocycles. The first-order valence-electron chi connectivity index (χ1n) is 8.40. The fraction of sp³-hybridized carbons (Fsp3) is 0.941. The zero-order chi connectivity index (χ0) is 14.7. The van der Waals surface area contributed by atoms with Crippen LogP contribution in [0.3, 0.4) is 0 Å². The van der Waals surface area contributed by atoms with Crippen LogP contribution in [0.15, 0.2) is 0 Å². The molecule has 0 radical (unpaired) electrons. The van der Waals surface area contributed by atoms with Gasteiger partial charge in [-0.1, -0.05) is 20.8 Å². The van der Waals surface area contributed by atoms with E-state index in [4.69, 9.17) is 0 Å². The van der Waals surface area contributed by atoms with Crippen LogP contribution in [0.5, 0.6) is 0 Å². The molecule has 2 rings (SSSR count). The zero-order valence-electron chi connectivity index (χ0n) is 13.3. The van der Waals surface area contributed by atoms with Crippen LogP contribution in [-0.4, -0.2) is 35.6 Å². The highest BCUT2D eigenvalue weighted by Gasteiger charge is 2.31. The van der Waals surface area contributed by atoms with Gasteiger partial charge in [0.2, 0.25) is 0 Å². The zero-order valence-corrected chi connectivity index (χ0v) is 13.3. The summed E-state index contributed by atoms with van der Waals surface area (Å²) in [6.07, 6.45) is 6.27. The molecule has 0 spiro atoms. The molecule has 1 aliphatic heterocycles. The topological polar surface area (TPSA) is 40.5 Å². The largest absolute Gasteiger partial charge is 0.481 e. The summed E-state index contributed by atoms with van der Waals surface area (Å²) in [5.41, 5.74) is 0. The molecule has 2 aliphatic rings. The predicted molar refractivity (Wildman–Crippen MR) is 81.6 cm³/mol. The molecule has 0 bridgehead atoms. The Bertz CT molecular complexity index is 321. The second-order valence-corrected chi connectivity index (χ2v) is 7.62. The van der Waals surface area contributed by atoms with E-state index in [1.165, 1.54) is 25.7 Å². The van der Waals surface area contributed by atoms with Gasteiger partial charge in [0.1, 0.15) is 0 Å². The third-order valence-corrected chi connectivity index (χ3v) is 5.44. The lowest BCUT2D eigenvalue weighted by molar-refractivity contribution is -0.144. The molecular weight excluding hydrogens is 250 g/mol. The summed E-state index contributed by atoms with van der Waals surface area (Å²) in [6.45, 7) is 9.86. The summed E-state index contributed by atoms with van der Waals surface area (Å²) >= 11 is 0. The summed E-state index contributed by atoms with van der Waals surface area (Å²) in [7, 11) is 0. The van der Waals surface area contributed by atoms with Crippen LogP contribution in [0.25, 0.3) is 0 Å². The number of hydrogen-bond donors (Lipinski definition) is 1. The Morgan fingerprint density at radius 2 is 1.85 bits per heavy atom. The van der Waals surface area contributed by atoms with E-state index < -0.39 is 5.97 Å². The van der Waals surface area contributed by atoms with E-state index in [0.717, 1.165) is 43.8 Å². The maximum absolute atomic E-state index is 11.2. The van der Waals surface area contributed by atoms with Gasteiger partial charge >= 0.3 is 5.97 Å². The molecule has 3 nitrogen and oxygen atoms in total. The lowest BCUT2D eigenvalue weighted by Crippen LogP contribution is -2.44. The average molecular weight is 281 g/mol. The number of likely N-dealkylation sites (tertiary alicyclic amines) is 1. The van der Waals surface area contributed by atoms with E-state index in [1.54, 1.807) is 0 Å². The summed E-state index contributed by atoms with van der Waals surface area (Å²) in [4.78, 5) is 13.7. The van der Waals surface area contributed by atoms with Gasteiger partial charge in [0, 0.05) is 19.6 Å². The van der Waals surface area contributed by atoms with Crippen LogP contribution >= 0.6 is 0 Å². The van der Waals surface area contributed by atoms with E-state index in [0.29, 0.717) is 5.92 Å². The molecule has 0 amide bonds. The van der Waals surface area contributed by atoms with Crippen molar-refractivity contribution in [2.75, 3.05) is 19.6 Å². The van der Waals surface area contributed by atoms with Gasteiger partial charge in [0.15, 0.2) is 0 Å². The van der Waals surface area contributed by atoms with Gasteiger partial charge in [-0.05, 0) is 55.8 Å². The summed E-state index contributed by atoms with van der Waals surface area (Å²) in [5.74, 6) is 2.30. The third kappa shape index (κ3) is 4.21. The van der Waals surface area contributed by atoms with Crippen LogP contribution in [0, 0.1) is 29.6 Å². The normalized spacial score (nSPS) is 36.2. The quantitative estimate of drug-likeness (QED) is 0.857. The third-order valence-electron chi connectivity index (χ3n) is 5.44. The first-order valence-corrected chi connectivity index (χ1v) is 8.40. The Morgan fingerprint density at radius 1 is 1.20 bits per heavy atom. The van der Waals surface area contributed by atoms with Crippen LogP contribution in [0.1, 0.15) is 52.9 Å². The first-order chi connectivity index (χ1) is 9.45. The van der Waals surface area contributed by atoms with Crippen LogP contribution in [0.2, 0.25) is 0 Å². The van der Waals surface area contributed by atoms with Gasteiger partial charge in [-0.15, -0.1) is 0 Å². The number of carboxylic acid groups (broad SMARTS) is 1. The molecule has 1 saturated heterocycles. The first kappa shape index (κ1) is 15.8. The molecular formula is C17H31NO2. The van der Waals surface area contributed by atoms with Crippen molar-refractivity contribution in [2.24, 2.45) is 29.6 Å². The molecule has 3 heteroatoms. The highest BCUT2D eigenvalue weighted by molar-refractivity contribution is 5.70. The molecule has 0 aromatic heterocycles. The van der Waals surface area contributed by atoms with E-state index >= 15 is 0 Å². The van der Waals surface area contributed by atoms with Crippen molar-refractivity contribution in [1.82, 2.24) is 4.90 Å². The van der Waals surface area contributed by atoms with E-state index in [-0.39, 0.29) is 5.92 Å². The molecule has 2 unspecified atom stereocenters. The molecule has 0 aromatic carbocycles. The van der Waals surface area contributed by atoms with Crippen LogP contribution in [-0.2, 0) is 4.79 Å². The molecule has 116 valence electrons. The minimum absolute atomic E-state index is 0.147. The fourth-order valence-corrected chi connectivity index (χ4v) is 4.19. The molecule has 1 aliphatic carbocycles. The monoisotopic (exact) mass is 281 g/mol. The maximum Gasteiger partial charge on any atom is 0.307 e. The number of aliphatic carboxylic acids is 1. The summed E-state index contributed by atoms with van der Waals surface area (Å²) in [6, 6.07) is 0. The lowest BCUT2D eigenvalue weighted by Gasteiger charge is -2.39. The van der Waals surface area contributed by atoms with Gasteiger partial charge in [0.25, 0.3) is 0 Å². The second-order valence-electron chi connectivity index (χ2n) is 7.62. The second kappa shape index (κ2) is 6.93. The van der Waals surface area contributed by atoms with E-state index in [2.05, 4.69) is 25.7 Å². The number of piperidine rings is 1. The Balaban J connectivity index is 1.80. The SMILES string of the molecule is CC1CC(C(=O)O)CN(CC2CCC(C(C)C)CC2)C1. The number of hydrogen-bond acceptors (Lipinski definition) is 2. The van der Waals surface area contributed by atoms with Crippen molar-refractivity contribution in [3.8, 4) is 0 Å². The van der Waals surface area contributed by atoms with Gasteiger partial charge in [-0.25, -0.2) is 0 Å². The number of nitrogens with zero attached hydrogens (tertiary/aromatic N) is 1. The Labute approximate surface area is 123 Å². The van der Waals surface area contributed by atoms with Gasteiger partial charge < -0.3 is 10.0 Å². The number of rotatable bonds is 4. The van der Waals surface area contributed by atoms with Gasteiger partial charge in [0.05, 0.1) is 5.92 Å². The molecule has 2 atom stereocenters. The highest BCUT2D eigenvalue weighted by atomic mass is 16.4. The summed E-state index contributed by atoms with van der Waals surface area (Å²) in [5, 5.41) is 9.25. The molecule has 1 heterocycles. The molecule has 2 fully saturated rings. The number of carboxylic acids is 1. The highest BCUT2D eigenvalue weighted by Crippen LogP contribution is 2.34. The molecule has 1 N–H and O–H groups in total. The van der Waals surface area contributed by atoms with Crippen molar-refractivity contribution in [3.05, 3.63) is 0 Å². The molecule has 0 aromatic rings. The predicted octanol–water partition coefficient (Wildman–Crippen LogP) is 3.49. The average Bonchev–Trinajstić information content (AvgIpc) is 2.38. The van der Waals surface area contributed by atoms with Gasteiger partial charge in [-0.3, -0.25) is 4.79 Å². The van der Waals surface area contributed by atoms with Crippen molar-refractivity contribution >= 4 is 5.97 Å². The minimum Gasteiger partial charge on any atom is -0.481 e. The van der Waals surface area contributed by atoms with Crippen LogP contribution in [0.4, 0.5) is 0 Å². The van der Waals surface area contributed by atoms with Crippen molar-refractivity contribution in [3.63, 3.8) is 0 Å². The maximum atomic E-state index is 11.2. The fourth-order valence-electron chi connectivity index (χ4n) is 4.19. The van der Waals surface area contributed by atoms with Crippen molar-refractivity contribution in [2.45, 2.75) is 52.9 Å². The van der Waals surface area contributed by atoms with Crippen molar-refractivity contribution in [1.29, 1.82) is 0 Å². The smallest absolute Gasteiger partial charge is 0.307 e. The van der Waals surface area contributed by atoms with E-state index in [1.807, 2.05) is 0 Å². The summed E-state index contributed by atoms with van der Waals surface area (Å²) < 4.78 is 0. The minimum atomic E-state index is -0.606. The van der Waals surface area contributed by atoms with Crippen LogP contribution < -0.4 is 0 Å².